The van der Waals surface area contributed by atoms with Gasteiger partial charge < -0.3 is 9.15 Å². The molecule has 0 bridgehead atoms. The normalized spacial score (nSPS) is 11.3. The fourth-order valence-corrected chi connectivity index (χ4v) is 2.93. The van der Waals surface area contributed by atoms with Crippen molar-refractivity contribution in [2.24, 2.45) is 0 Å². The molecule has 2 rings (SSSR count). The van der Waals surface area contributed by atoms with Gasteiger partial charge in [-0.05, 0) is 12.1 Å². The van der Waals surface area contributed by atoms with E-state index >= 15 is 0 Å². The van der Waals surface area contributed by atoms with E-state index in [0.717, 1.165) is 10.7 Å². The zero-order valence-corrected chi connectivity index (χ0v) is 13.1. The smallest absolute Gasteiger partial charge is 0.380 e. The van der Waals surface area contributed by atoms with Crippen molar-refractivity contribution in [2.75, 3.05) is 13.4 Å². The van der Waals surface area contributed by atoms with Crippen molar-refractivity contribution < 1.29 is 17.6 Å². The summed E-state index contributed by atoms with van der Waals surface area (Å²) < 4.78 is 34.2. The second kappa shape index (κ2) is 5.41. The molecule has 0 saturated carbocycles. The van der Waals surface area contributed by atoms with Gasteiger partial charge in [0.2, 0.25) is 5.75 Å². The molecule has 20 heavy (non-hydrogen) atoms. The van der Waals surface area contributed by atoms with Crippen LogP contribution in [0.15, 0.2) is 48.9 Å². The maximum atomic E-state index is 11.8. The average molecular weight is 359 g/mol. The first-order chi connectivity index (χ1) is 9.32. The van der Waals surface area contributed by atoms with Crippen molar-refractivity contribution in [3.05, 3.63) is 45.2 Å². The van der Waals surface area contributed by atoms with E-state index in [1.807, 2.05) is 6.07 Å². The molecule has 0 saturated heterocycles. The molecular formula is C13H11BrO5S. The number of sulfone groups is 1. The summed E-state index contributed by atoms with van der Waals surface area (Å²) in [6.07, 6.45) is 1.01. The summed E-state index contributed by atoms with van der Waals surface area (Å²) in [6.45, 7) is 0. The largest absolute Gasteiger partial charge is 0.489 e. The molecule has 2 aromatic rings. The fourth-order valence-electron chi connectivity index (χ4n) is 1.70. The quantitative estimate of drug-likeness (QED) is 0.842. The van der Waals surface area contributed by atoms with Gasteiger partial charge in [-0.3, -0.25) is 0 Å². The van der Waals surface area contributed by atoms with Crippen LogP contribution in [0.2, 0.25) is 0 Å². The van der Waals surface area contributed by atoms with Gasteiger partial charge in [0.25, 0.3) is 0 Å². The Hall–Kier alpha value is -1.60. The minimum atomic E-state index is -3.61. The number of benzene rings is 1. The lowest BCUT2D eigenvalue weighted by Gasteiger charge is -2.07. The SMILES string of the molecule is COc1c(S(C)(=O)=O)cc(-c2cccc(Br)c2)oc1=O. The maximum absolute atomic E-state index is 11.8. The lowest BCUT2D eigenvalue weighted by molar-refractivity contribution is 0.366. The molecule has 0 aliphatic heterocycles. The van der Waals surface area contributed by atoms with E-state index in [1.165, 1.54) is 13.2 Å². The van der Waals surface area contributed by atoms with Gasteiger partial charge >= 0.3 is 5.63 Å². The average Bonchev–Trinajstić information content (AvgIpc) is 2.36. The Morgan fingerprint density at radius 2 is 1.95 bits per heavy atom. The highest BCUT2D eigenvalue weighted by atomic mass is 79.9. The monoisotopic (exact) mass is 358 g/mol. The van der Waals surface area contributed by atoms with Crippen LogP contribution in [0.1, 0.15) is 0 Å². The summed E-state index contributed by atoms with van der Waals surface area (Å²) >= 11 is 3.30. The third kappa shape index (κ3) is 2.94. The van der Waals surface area contributed by atoms with E-state index < -0.39 is 15.5 Å². The van der Waals surface area contributed by atoms with Crippen molar-refractivity contribution in [3.63, 3.8) is 0 Å². The molecule has 0 fully saturated rings. The zero-order chi connectivity index (χ0) is 14.9. The lowest BCUT2D eigenvalue weighted by Crippen LogP contribution is -2.11. The molecule has 1 aromatic carbocycles. The van der Waals surface area contributed by atoms with Crippen LogP contribution < -0.4 is 10.4 Å². The summed E-state index contributed by atoms with van der Waals surface area (Å²) in [7, 11) is -2.38. The molecule has 1 aromatic heterocycles. The van der Waals surface area contributed by atoms with Crippen LogP contribution >= 0.6 is 15.9 Å². The third-order valence-electron chi connectivity index (χ3n) is 2.59. The van der Waals surface area contributed by atoms with E-state index in [4.69, 9.17) is 9.15 Å². The van der Waals surface area contributed by atoms with Gasteiger partial charge in [0, 0.05) is 22.4 Å². The van der Waals surface area contributed by atoms with Crippen LogP contribution in [0.25, 0.3) is 11.3 Å². The van der Waals surface area contributed by atoms with Gasteiger partial charge in [0.1, 0.15) is 10.7 Å². The van der Waals surface area contributed by atoms with Crippen molar-refractivity contribution in [1.29, 1.82) is 0 Å². The first-order valence-corrected chi connectivity index (χ1v) is 8.19. The summed E-state index contributed by atoms with van der Waals surface area (Å²) in [6, 6.07) is 8.28. The fraction of sp³-hybridized carbons (Fsp3) is 0.154. The van der Waals surface area contributed by atoms with Crippen molar-refractivity contribution in [3.8, 4) is 17.1 Å². The molecule has 1 heterocycles. The third-order valence-corrected chi connectivity index (χ3v) is 4.18. The van der Waals surface area contributed by atoms with Gasteiger partial charge in [-0.15, -0.1) is 0 Å². The van der Waals surface area contributed by atoms with Crippen molar-refractivity contribution >= 4 is 25.8 Å². The van der Waals surface area contributed by atoms with E-state index in [9.17, 15) is 13.2 Å². The first kappa shape index (κ1) is 14.8. The van der Waals surface area contributed by atoms with Crippen molar-refractivity contribution in [2.45, 2.75) is 4.90 Å². The van der Waals surface area contributed by atoms with Gasteiger partial charge in [0.15, 0.2) is 9.84 Å². The highest BCUT2D eigenvalue weighted by Gasteiger charge is 2.21. The lowest BCUT2D eigenvalue weighted by atomic mass is 10.1. The molecule has 0 aliphatic rings. The zero-order valence-electron chi connectivity index (χ0n) is 10.7. The predicted octanol–water partition coefficient (Wildman–Crippen LogP) is 2.48. The van der Waals surface area contributed by atoms with Crippen molar-refractivity contribution in [1.82, 2.24) is 0 Å². The van der Waals surface area contributed by atoms with Crippen LogP contribution in [0.4, 0.5) is 0 Å². The Bertz CT molecular complexity index is 808. The molecule has 7 heteroatoms. The Morgan fingerprint density at radius 3 is 2.50 bits per heavy atom. The van der Waals surface area contributed by atoms with Crippen LogP contribution in [-0.4, -0.2) is 21.8 Å². The molecule has 0 spiro atoms. The van der Waals surface area contributed by atoms with Crippen LogP contribution in [0.5, 0.6) is 5.75 Å². The maximum Gasteiger partial charge on any atom is 0.380 e. The second-order valence-corrected chi connectivity index (χ2v) is 6.98. The van der Waals surface area contributed by atoms with E-state index in [2.05, 4.69) is 15.9 Å². The Balaban J connectivity index is 2.75. The number of halogens is 1. The van der Waals surface area contributed by atoms with E-state index in [-0.39, 0.29) is 16.4 Å². The minimum absolute atomic E-state index is 0.164. The van der Waals surface area contributed by atoms with Crippen LogP contribution in [-0.2, 0) is 9.84 Å². The molecule has 106 valence electrons. The number of hydrogen-bond donors (Lipinski definition) is 0. The highest BCUT2D eigenvalue weighted by Crippen LogP contribution is 2.28. The Kier molecular flexibility index (Phi) is 4.01. The molecule has 0 radical (unpaired) electrons. The number of hydrogen-bond acceptors (Lipinski definition) is 5. The summed E-state index contributed by atoms with van der Waals surface area (Å²) in [5.74, 6) is -0.149. The molecule has 0 N–H and O–H groups in total. The van der Waals surface area contributed by atoms with Crippen LogP contribution in [0.3, 0.4) is 0 Å². The van der Waals surface area contributed by atoms with Gasteiger partial charge in [0.05, 0.1) is 7.11 Å². The van der Waals surface area contributed by atoms with E-state index in [1.54, 1.807) is 18.2 Å². The Morgan fingerprint density at radius 1 is 1.25 bits per heavy atom. The molecule has 0 atom stereocenters. The predicted molar refractivity (Wildman–Crippen MR) is 77.8 cm³/mol. The number of ether oxygens (including phenoxy) is 1. The van der Waals surface area contributed by atoms with Gasteiger partial charge in [-0.1, -0.05) is 28.1 Å². The first-order valence-electron chi connectivity index (χ1n) is 5.51. The van der Waals surface area contributed by atoms with Crippen LogP contribution in [0, 0.1) is 0 Å². The molecule has 5 nitrogen and oxygen atoms in total. The van der Waals surface area contributed by atoms with Gasteiger partial charge in [-0.25, -0.2) is 13.2 Å². The standard InChI is InChI=1S/C13H11BrO5S/c1-18-12-11(20(2,16)17)7-10(19-13(12)15)8-4-3-5-9(14)6-8/h3-7H,1-2H3. The summed E-state index contributed by atoms with van der Waals surface area (Å²) in [5, 5.41) is 0. The minimum Gasteiger partial charge on any atom is -0.489 e. The van der Waals surface area contributed by atoms with Gasteiger partial charge in [-0.2, -0.15) is 0 Å². The molecule has 0 unspecified atom stereocenters. The summed E-state index contributed by atoms with van der Waals surface area (Å²) in [4.78, 5) is 11.6. The highest BCUT2D eigenvalue weighted by molar-refractivity contribution is 9.10. The molecule has 0 amide bonds. The number of rotatable bonds is 3. The van der Waals surface area contributed by atoms with E-state index in [0.29, 0.717) is 5.56 Å². The molecular weight excluding hydrogens is 348 g/mol. The Labute approximate surface area is 124 Å². The number of methoxy groups -OCH3 is 1. The molecule has 0 aliphatic carbocycles. The second-order valence-electron chi connectivity index (χ2n) is 4.08. The topological polar surface area (TPSA) is 73.6 Å². The summed E-state index contributed by atoms with van der Waals surface area (Å²) in [5.41, 5.74) is -0.241.